The summed E-state index contributed by atoms with van der Waals surface area (Å²) < 4.78 is 0. The highest BCUT2D eigenvalue weighted by atomic mass is 14.7. The Bertz CT molecular complexity index is 189. The molecular formula is C11H24N2. The van der Waals surface area contributed by atoms with Gasteiger partial charge in [0.05, 0.1) is 0 Å². The lowest BCUT2D eigenvalue weighted by Crippen LogP contribution is -2.51. The molecule has 1 fully saturated rings. The standard InChI is InChI=1S/C11H24N2/c1-8-10(2,3)5-9(13)6-11(8,4)7-12/h8-9H,5-7,12-13H2,1-4H3. The van der Waals surface area contributed by atoms with Gasteiger partial charge in [0.15, 0.2) is 0 Å². The molecule has 0 bridgehead atoms. The molecule has 0 saturated heterocycles. The van der Waals surface area contributed by atoms with Crippen molar-refractivity contribution in [2.75, 3.05) is 6.54 Å². The summed E-state index contributed by atoms with van der Waals surface area (Å²) in [6.45, 7) is 9.97. The maximum absolute atomic E-state index is 6.07. The second-order valence-corrected chi connectivity index (χ2v) is 5.74. The quantitative estimate of drug-likeness (QED) is 0.652. The van der Waals surface area contributed by atoms with Crippen LogP contribution in [0.3, 0.4) is 0 Å². The third-order valence-corrected chi connectivity index (χ3v) is 4.20. The second kappa shape index (κ2) is 3.25. The average Bonchev–Trinajstić information content (AvgIpc) is 1.99. The Labute approximate surface area is 82.1 Å². The zero-order valence-corrected chi connectivity index (χ0v) is 9.43. The molecule has 0 heterocycles. The van der Waals surface area contributed by atoms with Gasteiger partial charge in [-0.05, 0) is 36.1 Å². The summed E-state index contributed by atoms with van der Waals surface area (Å²) in [6.07, 6.45) is 2.21. The number of hydrogen-bond donors (Lipinski definition) is 2. The van der Waals surface area contributed by atoms with Crippen LogP contribution in [0.5, 0.6) is 0 Å². The van der Waals surface area contributed by atoms with Crippen LogP contribution in [0.15, 0.2) is 0 Å². The van der Waals surface area contributed by atoms with E-state index in [2.05, 4.69) is 27.7 Å². The molecule has 0 radical (unpaired) electrons. The summed E-state index contributed by atoms with van der Waals surface area (Å²) >= 11 is 0. The first-order valence-corrected chi connectivity index (χ1v) is 5.27. The molecule has 1 saturated carbocycles. The van der Waals surface area contributed by atoms with Crippen LogP contribution in [0, 0.1) is 16.7 Å². The molecule has 0 amide bonds. The molecule has 0 spiro atoms. The Hall–Kier alpha value is -0.0800. The Morgan fingerprint density at radius 1 is 1.23 bits per heavy atom. The third kappa shape index (κ3) is 1.89. The molecule has 2 heteroatoms. The predicted molar refractivity (Wildman–Crippen MR) is 57.3 cm³/mol. The molecular weight excluding hydrogens is 160 g/mol. The fourth-order valence-electron chi connectivity index (χ4n) is 2.90. The van der Waals surface area contributed by atoms with Gasteiger partial charge in [0.25, 0.3) is 0 Å². The largest absolute Gasteiger partial charge is 0.330 e. The van der Waals surface area contributed by atoms with E-state index in [1.165, 1.54) is 0 Å². The van der Waals surface area contributed by atoms with Gasteiger partial charge in [-0.1, -0.05) is 27.7 Å². The van der Waals surface area contributed by atoms with Gasteiger partial charge in [-0.3, -0.25) is 0 Å². The van der Waals surface area contributed by atoms with E-state index < -0.39 is 0 Å². The SMILES string of the molecule is CC1C(C)(C)CC(N)CC1(C)CN. The van der Waals surface area contributed by atoms with E-state index in [-0.39, 0.29) is 5.41 Å². The Kier molecular flexibility index (Phi) is 2.75. The molecule has 78 valence electrons. The van der Waals surface area contributed by atoms with Crippen molar-refractivity contribution in [1.29, 1.82) is 0 Å². The monoisotopic (exact) mass is 184 g/mol. The van der Waals surface area contributed by atoms with Crippen molar-refractivity contribution in [3.63, 3.8) is 0 Å². The average molecular weight is 184 g/mol. The summed E-state index contributed by atoms with van der Waals surface area (Å²) in [5.74, 6) is 0.657. The molecule has 0 aromatic heterocycles. The van der Waals surface area contributed by atoms with E-state index in [4.69, 9.17) is 11.5 Å². The summed E-state index contributed by atoms with van der Waals surface area (Å²) in [4.78, 5) is 0. The van der Waals surface area contributed by atoms with Gasteiger partial charge < -0.3 is 11.5 Å². The van der Waals surface area contributed by atoms with Crippen LogP contribution in [0.1, 0.15) is 40.5 Å². The molecule has 0 aromatic rings. The number of nitrogens with two attached hydrogens (primary N) is 2. The fraction of sp³-hybridized carbons (Fsp3) is 1.00. The Morgan fingerprint density at radius 3 is 2.23 bits per heavy atom. The van der Waals surface area contributed by atoms with Gasteiger partial charge in [-0.25, -0.2) is 0 Å². The molecule has 13 heavy (non-hydrogen) atoms. The third-order valence-electron chi connectivity index (χ3n) is 4.20. The van der Waals surface area contributed by atoms with E-state index >= 15 is 0 Å². The lowest BCUT2D eigenvalue weighted by Gasteiger charge is -2.51. The van der Waals surface area contributed by atoms with E-state index in [0.29, 0.717) is 17.4 Å². The van der Waals surface area contributed by atoms with Crippen LogP contribution in [-0.2, 0) is 0 Å². The molecule has 0 aromatic carbocycles. The highest BCUT2D eigenvalue weighted by Crippen LogP contribution is 2.49. The van der Waals surface area contributed by atoms with Gasteiger partial charge in [0.1, 0.15) is 0 Å². The van der Waals surface area contributed by atoms with Crippen molar-refractivity contribution in [2.24, 2.45) is 28.2 Å². The highest BCUT2D eigenvalue weighted by molar-refractivity contribution is 4.98. The maximum atomic E-state index is 6.07. The molecule has 3 unspecified atom stereocenters. The lowest BCUT2D eigenvalue weighted by atomic mass is 9.56. The number of hydrogen-bond acceptors (Lipinski definition) is 2. The number of rotatable bonds is 1. The topological polar surface area (TPSA) is 52.0 Å². The summed E-state index contributed by atoms with van der Waals surface area (Å²) in [5.41, 5.74) is 12.5. The van der Waals surface area contributed by atoms with Gasteiger partial charge in [-0.15, -0.1) is 0 Å². The minimum atomic E-state index is 0.237. The van der Waals surface area contributed by atoms with Crippen molar-refractivity contribution >= 4 is 0 Å². The van der Waals surface area contributed by atoms with Crippen LogP contribution < -0.4 is 11.5 Å². The van der Waals surface area contributed by atoms with Crippen molar-refractivity contribution in [3.05, 3.63) is 0 Å². The minimum absolute atomic E-state index is 0.237. The zero-order chi connectivity index (χ0) is 10.3. The van der Waals surface area contributed by atoms with Crippen molar-refractivity contribution in [3.8, 4) is 0 Å². The molecule has 0 aliphatic heterocycles. The zero-order valence-electron chi connectivity index (χ0n) is 9.43. The summed E-state index contributed by atoms with van der Waals surface area (Å²) in [5, 5.41) is 0. The van der Waals surface area contributed by atoms with Crippen molar-refractivity contribution < 1.29 is 0 Å². The maximum Gasteiger partial charge on any atom is 0.00497 e. The van der Waals surface area contributed by atoms with Crippen LogP contribution in [0.25, 0.3) is 0 Å². The van der Waals surface area contributed by atoms with Crippen molar-refractivity contribution in [1.82, 2.24) is 0 Å². The van der Waals surface area contributed by atoms with Crippen LogP contribution >= 0.6 is 0 Å². The van der Waals surface area contributed by atoms with Gasteiger partial charge in [0, 0.05) is 6.04 Å². The van der Waals surface area contributed by atoms with Crippen LogP contribution in [-0.4, -0.2) is 12.6 Å². The first-order chi connectivity index (χ1) is 5.82. The van der Waals surface area contributed by atoms with Gasteiger partial charge in [-0.2, -0.15) is 0 Å². The molecule has 1 rings (SSSR count). The Morgan fingerprint density at radius 2 is 1.77 bits per heavy atom. The van der Waals surface area contributed by atoms with E-state index in [1.807, 2.05) is 0 Å². The van der Waals surface area contributed by atoms with Gasteiger partial charge in [0.2, 0.25) is 0 Å². The van der Waals surface area contributed by atoms with E-state index in [1.54, 1.807) is 0 Å². The van der Waals surface area contributed by atoms with Crippen molar-refractivity contribution in [2.45, 2.75) is 46.6 Å². The van der Waals surface area contributed by atoms with Crippen LogP contribution in [0.2, 0.25) is 0 Å². The lowest BCUT2D eigenvalue weighted by molar-refractivity contribution is 0.00967. The fourth-order valence-corrected chi connectivity index (χ4v) is 2.90. The molecule has 2 nitrogen and oxygen atoms in total. The highest BCUT2D eigenvalue weighted by Gasteiger charge is 2.45. The molecule has 1 aliphatic rings. The molecule has 3 atom stereocenters. The Balaban J connectivity index is 2.88. The normalized spacial score (nSPS) is 44.8. The summed E-state index contributed by atoms with van der Waals surface area (Å²) in [7, 11) is 0. The van der Waals surface area contributed by atoms with Crippen LogP contribution in [0.4, 0.5) is 0 Å². The smallest absolute Gasteiger partial charge is 0.00497 e. The van der Waals surface area contributed by atoms with E-state index in [9.17, 15) is 0 Å². The van der Waals surface area contributed by atoms with E-state index in [0.717, 1.165) is 19.4 Å². The molecule has 1 aliphatic carbocycles. The summed E-state index contributed by atoms with van der Waals surface area (Å²) in [6, 6.07) is 0.333. The first-order valence-electron chi connectivity index (χ1n) is 5.27. The predicted octanol–water partition coefficient (Wildman–Crippen LogP) is 1.73. The first kappa shape index (κ1) is 11.0. The minimum Gasteiger partial charge on any atom is -0.330 e. The second-order valence-electron chi connectivity index (χ2n) is 5.74. The van der Waals surface area contributed by atoms with Gasteiger partial charge >= 0.3 is 0 Å². The molecule has 4 N–H and O–H groups in total.